The number of benzene rings is 2. The molecule has 0 radical (unpaired) electrons. The van der Waals surface area contributed by atoms with E-state index in [1.54, 1.807) is 0 Å². The third kappa shape index (κ3) is 5.64. The summed E-state index contributed by atoms with van der Waals surface area (Å²) in [7, 11) is -4.04. The molecular formula is C20H17F7N2O3S. The number of amides is 1. The standard InChI is InChI=1S/C20H17F7N2O3S/c21-16-2-4-17(5-3-16)33(31,32)29-7-1-6-28(8-9-29)18(30)13-10-14(19(22,23)24)12-15(11-13)20(25,26)27/h2-5,10-12H,1,6-9H2. The quantitative estimate of drug-likeness (QED) is 0.590. The molecule has 33 heavy (non-hydrogen) atoms. The molecule has 180 valence electrons. The van der Waals surface area contributed by atoms with Crippen LogP contribution in [0.25, 0.3) is 0 Å². The highest BCUT2D eigenvalue weighted by molar-refractivity contribution is 7.89. The molecular weight excluding hydrogens is 481 g/mol. The lowest BCUT2D eigenvalue weighted by atomic mass is 10.0. The average Bonchev–Trinajstić information content (AvgIpc) is 2.99. The van der Waals surface area contributed by atoms with Crippen LogP contribution in [0.15, 0.2) is 47.4 Å². The number of alkyl halides is 6. The Morgan fingerprint density at radius 1 is 0.788 bits per heavy atom. The first kappa shape index (κ1) is 25.0. The van der Waals surface area contributed by atoms with Gasteiger partial charge in [0.1, 0.15) is 5.82 Å². The predicted octanol–water partition coefficient (Wildman–Crippen LogP) is 4.40. The van der Waals surface area contributed by atoms with Gasteiger partial charge < -0.3 is 4.90 Å². The van der Waals surface area contributed by atoms with Crippen molar-refractivity contribution in [1.82, 2.24) is 9.21 Å². The summed E-state index contributed by atoms with van der Waals surface area (Å²) in [4.78, 5) is 13.6. The van der Waals surface area contributed by atoms with E-state index in [0.29, 0.717) is 12.1 Å². The Morgan fingerprint density at radius 2 is 1.33 bits per heavy atom. The number of sulfonamides is 1. The zero-order valence-corrected chi connectivity index (χ0v) is 17.6. The molecule has 0 unspecified atom stereocenters. The van der Waals surface area contributed by atoms with Crippen LogP contribution in [0.2, 0.25) is 0 Å². The molecule has 5 nitrogen and oxygen atoms in total. The monoisotopic (exact) mass is 498 g/mol. The fourth-order valence-electron chi connectivity index (χ4n) is 3.35. The van der Waals surface area contributed by atoms with Crippen LogP contribution in [0.3, 0.4) is 0 Å². The van der Waals surface area contributed by atoms with E-state index < -0.39 is 50.8 Å². The molecule has 2 aromatic carbocycles. The molecule has 0 saturated carbocycles. The van der Waals surface area contributed by atoms with Crippen LogP contribution in [-0.4, -0.2) is 49.7 Å². The molecule has 0 aliphatic carbocycles. The van der Waals surface area contributed by atoms with Crippen molar-refractivity contribution in [3.05, 3.63) is 65.0 Å². The Kier molecular flexibility index (Phi) is 6.76. The summed E-state index contributed by atoms with van der Waals surface area (Å²) in [5.41, 5.74) is -4.03. The summed E-state index contributed by atoms with van der Waals surface area (Å²) in [5.74, 6) is -1.71. The van der Waals surface area contributed by atoms with Crippen LogP contribution >= 0.6 is 0 Å². The fourth-order valence-corrected chi connectivity index (χ4v) is 4.82. The Balaban J connectivity index is 1.84. The summed E-state index contributed by atoms with van der Waals surface area (Å²) < 4.78 is 118. The van der Waals surface area contributed by atoms with Gasteiger partial charge in [-0.3, -0.25) is 4.79 Å². The first-order valence-corrected chi connectivity index (χ1v) is 11.0. The molecule has 0 atom stereocenters. The fraction of sp³-hybridized carbons (Fsp3) is 0.350. The van der Waals surface area contributed by atoms with Crippen LogP contribution in [0.5, 0.6) is 0 Å². The van der Waals surface area contributed by atoms with E-state index in [1.165, 1.54) is 0 Å². The molecule has 1 fully saturated rings. The van der Waals surface area contributed by atoms with E-state index in [0.717, 1.165) is 33.5 Å². The van der Waals surface area contributed by atoms with Gasteiger partial charge in [0, 0.05) is 31.7 Å². The number of hydrogen-bond acceptors (Lipinski definition) is 3. The first-order chi connectivity index (χ1) is 15.2. The summed E-state index contributed by atoms with van der Waals surface area (Å²) in [5, 5.41) is 0. The van der Waals surface area contributed by atoms with E-state index in [1.807, 2.05) is 0 Å². The number of halogens is 7. The van der Waals surface area contributed by atoms with Gasteiger partial charge in [-0.1, -0.05) is 0 Å². The Morgan fingerprint density at radius 3 is 1.85 bits per heavy atom. The largest absolute Gasteiger partial charge is 0.416 e. The topological polar surface area (TPSA) is 57.7 Å². The van der Waals surface area contributed by atoms with Crippen LogP contribution in [0.4, 0.5) is 30.7 Å². The number of rotatable bonds is 3. The molecule has 2 aromatic rings. The van der Waals surface area contributed by atoms with Crippen molar-refractivity contribution in [1.29, 1.82) is 0 Å². The first-order valence-electron chi connectivity index (χ1n) is 9.54. The van der Waals surface area contributed by atoms with Crippen molar-refractivity contribution in [2.75, 3.05) is 26.2 Å². The Labute approximate surface area is 184 Å². The minimum absolute atomic E-state index is 0.0418. The SMILES string of the molecule is O=C(c1cc(C(F)(F)F)cc(C(F)(F)F)c1)N1CCCN(S(=O)(=O)c2ccc(F)cc2)CC1. The molecule has 0 N–H and O–H groups in total. The van der Waals surface area contributed by atoms with E-state index in [2.05, 4.69) is 0 Å². The lowest BCUT2D eigenvalue weighted by molar-refractivity contribution is -0.143. The number of carbonyl (C=O) groups excluding carboxylic acids is 1. The van der Waals surface area contributed by atoms with Crippen molar-refractivity contribution in [2.45, 2.75) is 23.7 Å². The molecule has 13 heteroatoms. The van der Waals surface area contributed by atoms with Crippen molar-refractivity contribution < 1.29 is 43.9 Å². The number of carbonyl (C=O) groups is 1. The van der Waals surface area contributed by atoms with Gasteiger partial charge in [0.2, 0.25) is 10.0 Å². The van der Waals surface area contributed by atoms with E-state index in [9.17, 15) is 43.9 Å². The lowest BCUT2D eigenvalue weighted by Gasteiger charge is -2.23. The maximum Gasteiger partial charge on any atom is 0.416 e. The molecule has 1 aliphatic rings. The highest BCUT2D eigenvalue weighted by Gasteiger charge is 2.38. The third-order valence-corrected chi connectivity index (χ3v) is 6.94. The van der Waals surface area contributed by atoms with Crippen LogP contribution in [0.1, 0.15) is 27.9 Å². The van der Waals surface area contributed by atoms with Gasteiger partial charge in [-0.2, -0.15) is 30.6 Å². The zero-order chi connectivity index (χ0) is 24.6. The van der Waals surface area contributed by atoms with Crippen molar-refractivity contribution in [3.8, 4) is 0 Å². The van der Waals surface area contributed by atoms with Crippen molar-refractivity contribution in [2.24, 2.45) is 0 Å². The van der Waals surface area contributed by atoms with Gasteiger partial charge >= 0.3 is 12.4 Å². The number of nitrogens with zero attached hydrogens (tertiary/aromatic N) is 2. The van der Waals surface area contributed by atoms with E-state index >= 15 is 0 Å². The third-order valence-electron chi connectivity index (χ3n) is 5.03. The van der Waals surface area contributed by atoms with E-state index in [4.69, 9.17) is 0 Å². The molecule has 3 rings (SSSR count). The normalized spacial score (nSPS) is 16.5. The van der Waals surface area contributed by atoms with Gasteiger partial charge in [-0.25, -0.2) is 12.8 Å². The van der Waals surface area contributed by atoms with Crippen molar-refractivity contribution in [3.63, 3.8) is 0 Å². The van der Waals surface area contributed by atoms with Crippen LogP contribution in [0, 0.1) is 5.82 Å². The van der Waals surface area contributed by atoms with Gasteiger partial charge in [0.05, 0.1) is 16.0 Å². The molecule has 0 bridgehead atoms. The van der Waals surface area contributed by atoms with Gasteiger partial charge in [0.25, 0.3) is 5.91 Å². The summed E-state index contributed by atoms with van der Waals surface area (Å²) in [6.07, 6.45) is -10.1. The summed E-state index contributed by atoms with van der Waals surface area (Å²) in [6.45, 7) is -0.612. The molecule has 1 saturated heterocycles. The van der Waals surface area contributed by atoms with Crippen molar-refractivity contribution >= 4 is 15.9 Å². The van der Waals surface area contributed by atoms with Crippen LogP contribution < -0.4 is 0 Å². The molecule has 0 aromatic heterocycles. The van der Waals surface area contributed by atoms with Gasteiger partial charge in [-0.05, 0) is 48.9 Å². The maximum absolute atomic E-state index is 13.1. The number of hydrogen-bond donors (Lipinski definition) is 0. The predicted molar refractivity (Wildman–Crippen MR) is 102 cm³/mol. The second-order valence-corrected chi connectivity index (χ2v) is 9.24. The van der Waals surface area contributed by atoms with Crippen LogP contribution in [-0.2, 0) is 22.4 Å². The van der Waals surface area contributed by atoms with E-state index in [-0.39, 0.29) is 43.6 Å². The highest BCUT2D eigenvalue weighted by atomic mass is 32.2. The molecule has 1 heterocycles. The summed E-state index contributed by atoms with van der Waals surface area (Å²) >= 11 is 0. The minimum atomic E-state index is -5.10. The molecule has 1 aliphatic heterocycles. The van der Waals surface area contributed by atoms with Gasteiger partial charge in [-0.15, -0.1) is 0 Å². The Hall–Kier alpha value is -2.67. The maximum atomic E-state index is 13.1. The molecule has 1 amide bonds. The Bertz CT molecular complexity index is 1100. The second kappa shape index (κ2) is 8.93. The smallest absolute Gasteiger partial charge is 0.337 e. The lowest BCUT2D eigenvalue weighted by Crippen LogP contribution is -2.37. The summed E-state index contributed by atoms with van der Waals surface area (Å²) in [6, 6.07) is 4.68. The minimum Gasteiger partial charge on any atom is -0.337 e. The second-order valence-electron chi connectivity index (χ2n) is 7.30. The van der Waals surface area contributed by atoms with Gasteiger partial charge in [0.15, 0.2) is 0 Å². The zero-order valence-electron chi connectivity index (χ0n) is 16.8. The average molecular weight is 498 g/mol. The molecule has 0 spiro atoms. The highest BCUT2D eigenvalue weighted by Crippen LogP contribution is 2.36.